The van der Waals surface area contributed by atoms with Gasteiger partial charge in [0.25, 0.3) is 0 Å². The van der Waals surface area contributed by atoms with E-state index in [1.807, 2.05) is 0 Å². The fourth-order valence-corrected chi connectivity index (χ4v) is 1.86. The molecular weight excluding hydrogens is 266 g/mol. The van der Waals surface area contributed by atoms with E-state index in [1.165, 1.54) is 24.3 Å². The van der Waals surface area contributed by atoms with Crippen molar-refractivity contribution in [1.29, 1.82) is 0 Å². The van der Waals surface area contributed by atoms with Gasteiger partial charge in [0.1, 0.15) is 11.5 Å². The Bertz CT molecular complexity index is 613. The lowest BCUT2D eigenvalue weighted by molar-refractivity contribution is -0.115. The Morgan fingerprint density at radius 1 is 1.16 bits per heavy atom. The van der Waals surface area contributed by atoms with Gasteiger partial charge < -0.3 is 15.5 Å². The molecule has 0 unspecified atom stereocenters. The molecule has 3 N–H and O–H groups in total. The molecule has 2 aromatic rings. The zero-order valence-electron chi connectivity index (χ0n) is 9.93. The summed E-state index contributed by atoms with van der Waals surface area (Å²) < 4.78 is 0. The lowest BCUT2D eigenvalue weighted by Gasteiger charge is -2.08. The number of rotatable bonds is 3. The maximum atomic E-state index is 11.8. The topological polar surface area (TPSA) is 69.6 Å². The van der Waals surface area contributed by atoms with Crippen LogP contribution in [0.3, 0.4) is 0 Å². The summed E-state index contributed by atoms with van der Waals surface area (Å²) in [5.41, 5.74) is 0.954. The number of nitrogens with one attached hydrogen (secondary N) is 1. The number of para-hydroxylation sites is 1. The quantitative estimate of drug-likeness (QED) is 0.756. The first kappa shape index (κ1) is 13.2. The molecule has 98 valence electrons. The average molecular weight is 278 g/mol. The molecule has 2 rings (SSSR count). The first-order chi connectivity index (χ1) is 9.06. The van der Waals surface area contributed by atoms with Crippen LogP contribution in [0, 0.1) is 0 Å². The molecule has 5 heteroatoms. The third-order valence-corrected chi connectivity index (χ3v) is 2.88. The van der Waals surface area contributed by atoms with Gasteiger partial charge in [0.05, 0.1) is 17.1 Å². The molecule has 0 aliphatic rings. The van der Waals surface area contributed by atoms with Gasteiger partial charge in [0.15, 0.2) is 0 Å². The molecule has 0 radical (unpaired) electrons. The molecule has 0 aliphatic heterocycles. The summed E-state index contributed by atoms with van der Waals surface area (Å²) in [7, 11) is 0. The lowest BCUT2D eigenvalue weighted by Crippen LogP contribution is -2.14. The first-order valence-electron chi connectivity index (χ1n) is 5.61. The van der Waals surface area contributed by atoms with E-state index < -0.39 is 0 Å². The number of aromatic hydroxyl groups is 2. The van der Waals surface area contributed by atoms with Crippen molar-refractivity contribution in [1.82, 2.24) is 0 Å². The Kier molecular flexibility index (Phi) is 3.92. The summed E-state index contributed by atoms with van der Waals surface area (Å²) in [5.74, 6) is -0.188. The lowest BCUT2D eigenvalue weighted by atomic mass is 10.1. The smallest absolute Gasteiger partial charge is 0.228 e. The molecule has 0 heterocycles. The molecule has 0 saturated carbocycles. The molecule has 19 heavy (non-hydrogen) atoms. The van der Waals surface area contributed by atoms with Gasteiger partial charge in [-0.15, -0.1) is 0 Å². The molecule has 0 aromatic heterocycles. The van der Waals surface area contributed by atoms with Crippen molar-refractivity contribution in [2.24, 2.45) is 0 Å². The highest BCUT2D eigenvalue weighted by atomic mass is 35.5. The maximum Gasteiger partial charge on any atom is 0.228 e. The van der Waals surface area contributed by atoms with Crippen molar-refractivity contribution in [2.45, 2.75) is 6.42 Å². The van der Waals surface area contributed by atoms with Crippen LogP contribution in [0.4, 0.5) is 5.69 Å². The second-order valence-corrected chi connectivity index (χ2v) is 4.43. The van der Waals surface area contributed by atoms with Crippen molar-refractivity contribution in [2.75, 3.05) is 5.32 Å². The van der Waals surface area contributed by atoms with E-state index in [-0.39, 0.29) is 28.8 Å². The van der Waals surface area contributed by atoms with Gasteiger partial charge in [-0.25, -0.2) is 0 Å². The number of halogens is 1. The summed E-state index contributed by atoms with van der Waals surface area (Å²) in [4.78, 5) is 11.8. The SMILES string of the molecule is O=C(Cc1ccccc1O)Nc1ccc(O)cc1Cl. The minimum Gasteiger partial charge on any atom is -0.508 e. The van der Waals surface area contributed by atoms with E-state index in [9.17, 15) is 15.0 Å². The maximum absolute atomic E-state index is 11.8. The Morgan fingerprint density at radius 3 is 2.58 bits per heavy atom. The summed E-state index contributed by atoms with van der Waals surface area (Å²) in [5, 5.41) is 21.7. The van der Waals surface area contributed by atoms with Crippen LogP contribution in [-0.2, 0) is 11.2 Å². The monoisotopic (exact) mass is 277 g/mol. The fraction of sp³-hybridized carbons (Fsp3) is 0.0714. The number of benzene rings is 2. The van der Waals surface area contributed by atoms with E-state index in [0.29, 0.717) is 11.3 Å². The third kappa shape index (κ3) is 3.39. The van der Waals surface area contributed by atoms with Crippen LogP contribution in [0.25, 0.3) is 0 Å². The number of carbonyl (C=O) groups excluding carboxylic acids is 1. The Balaban J connectivity index is 2.08. The third-order valence-electron chi connectivity index (χ3n) is 2.57. The Labute approximate surface area is 115 Å². The Hall–Kier alpha value is -2.20. The van der Waals surface area contributed by atoms with Gasteiger partial charge >= 0.3 is 0 Å². The van der Waals surface area contributed by atoms with E-state index in [1.54, 1.807) is 18.2 Å². The van der Waals surface area contributed by atoms with E-state index in [0.717, 1.165) is 0 Å². The number of carbonyl (C=O) groups is 1. The van der Waals surface area contributed by atoms with Gasteiger partial charge in [-0.3, -0.25) is 4.79 Å². The predicted octanol–water partition coefficient (Wildman–Crippen LogP) is 2.93. The zero-order valence-corrected chi connectivity index (χ0v) is 10.7. The van der Waals surface area contributed by atoms with Crippen LogP contribution < -0.4 is 5.32 Å². The van der Waals surface area contributed by atoms with Crippen LogP contribution in [0.1, 0.15) is 5.56 Å². The van der Waals surface area contributed by atoms with Crippen LogP contribution in [0.15, 0.2) is 42.5 Å². The van der Waals surface area contributed by atoms with Crippen molar-refractivity contribution < 1.29 is 15.0 Å². The highest BCUT2D eigenvalue weighted by molar-refractivity contribution is 6.33. The highest BCUT2D eigenvalue weighted by Gasteiger charge is 2.09. The van der Waals surface area contributed by atoms with Crippen LogP contribution in [-0.4, -0.2) is 16.1 Å². The largest absolute Gasteiger partial charge is 0.508 e. The molecule has 4 nitrogen and oxygen atoms in total. The number of hydrogen-bond donors (Lipinski definition) is 3. The minimum atomic E-state index is -0.297. The number of anilines is 1. The van der Waals surface area contributed by atoms with Gasteiger partial charge in [0, 0.05) is 11.6 Å². The van der Waals surface area contributed by atoms with Crippen LogP contribution >= 0.6 is 11.6 Å². The summed E-state index contributed by atoms with van der Waals surface area (Å²) >= 11 is 5.88. The summed E-state index contributed by atoms with van der Waals surface area (Å²) in [6.45, 7) is 0. The zero-order chi connectivity index (χ0) is 13.8. The number of amides is 1. The fourth-order valence-electron chi connectivity index (χ4n) is 1.63. The molecule has 1 amide bonds. The average Bonchev–Trinajstić information content (AvgIpc) is 2.36. The first-order valence-corrected chi connectivity index (χ1v) is 5.99. The summed E-state index contributed by atoms with van der Waals surface area (Å²) in [6, 6.07) is 10.9. The van der Waals surface area contributed by atoms with E-state index >= 15 is 0 Å². The van der Waals surface area contributed by atoms with Crippen molar-refractivity contribution in [3.05, 3.63) is 53.1 Å². The second kappa shape index (κ2) is 5.63. The van der Waals surface area contributed by atoms with Gasteiger partial charge in [-0.1, -0.05) is 29.8 Å². The van der Waals surface area contributed by atoms with Crippen molar-refractivity contribution in [3.8, 4) is 11.5 Å². The van der Waals surface area contributed by atoms with Gasteiger partial charge in [-0.05, 0) is 18.2 Å². The van der Waals surface area contributed by atoms with Crippen molar-refractivity contribution >= 4 is 23.2 Å². The molecular formula is C14H12ClNO3. The molecule has 0 fully saturated rings. The Morgan fingerprint density at radius 2 is 1.89 bits per heavy atom. The van der Waals surface area contributed by atoms with Gasteiger partial charge in [0.2, 0.25) is 5.91 Å². The standard InChI is InChI=1S/C14H12ClNO3/c15-11-8-10(17)5-6-12(11)16-14(19)7-9-3-1-2-4-13(9)18/h1-6,8,17-18H,7H2,(H,16,19). The minimum absolute atomic E-state index is 0.0312. The number of phenolic OH excluding ortho intramolecular Hbond substituents is 2. The summed E-state index contributed by atoms with van der Waals surface area (Å²) in [6.07, 6.45) is 0.0455. The van der Waals surface area contributed by atoms with Gasteiger partial charge in [-0.2, -0.15) is 0 Å². The highest BCUT2D eigenvalue weighted by Crippen LogP contribution is 2.26. The molecule has 0 spiro atoms. The second-order valence-electron chi connectivity index (χ2n) is 4.02. The number of phenols is 2. The molecule has 2 aromatic carbocycles. The molecule has 0 aliphatic carbocycles. The predicted molar refractivity (Wildman–Crippen MR) is 73.6 cm³/mol. The van der Waals surface area contributed by atoms with Crippen LogP contribution in [0.2, 0.25) is 5.02 Å². The van der Waals surface area contributed by atoms with Crippen molar-refractivity contribution in [3.63, 3.8) is 0 Å². The van der Waals surface area contributed by atoms with Crippen LogP contribution in [0.5, 0.6) is 11.5 Å². The van der Waals surface area contributed by atoms with E-state index in [2.05, 4.69) is 5.32 Å². The molecule has 0 bridgehead atoms. The normalized spacial score (nSPS) is 10.2. The number of hydrogen-bond acceptors (Lipinski definition) is 3. The van der Waals surface area contributed by atoms with E-state index in [4.69, 9.17) is 11.6 Å². The molecule has 0 atom stereocenters. The molecule has 0 saturated heterocycles.